The summed E-state index contributed by atoms with van der Waals surface area (Å²) in [5.74, 6) is 0.0979. The summed E-state index contributed by atoms with van der Waals surface area (Å²) in [4.78, 5) is 31.2. The Hall–Kier alpha value is -3.16. The first-order valence-electron chi connectivity index (χ1n) is 9.43. The topological polar surface area (TPSA) is 69.9 Å². The smallest absolute Gasteiger partial charge is 0.338 e. The lowest BCUT2D eigenvalue weighted by Crippen LogP contribution is -2.39. The average molecular weight is 455 g/mol. The molecule has 0 saturated carbocycles. The van der Waals surface area contributed by atoms with Crippen LogP contribution in [0, 0.1) is 0 Å². The molecular formula is C23H19ClN2O4S. The summed E-state index contributed by atoms with van der Waals surface area (Å²) in [6.45, 7) is 1.75. The second kappa shape index (κ2) is 8.53. The molecule has 0 amide bonds. The number of esters is 1. The first-order chi connectivity index (χ1) is 14.9. The number of methoxy groups -OCH3 is 2. The molecule has 1 aromatic heterocycles. The number of halogens is 1. The SMILES string of the molecule is COC(=O)C1=C(C)N=c2s/c(=C\c3ccc(Cl)cc3)c(=O)n2C1c1cccc(OC)c1. The zero-order valence-corrected chi connectivity index (χ0v) is 18.7. The van der Waals surface area contributed by atoms with Gasteiger partial charge in [0.05, 0.1) is 36.1 Å². The van der Waals surface area contributed by atoms with Gasteiger partial charge < -0.3 is 9.47 Å². The van der Waals surface area contributed by atoms with E-state index in [4.69, 9.17) is 21.1 Å². The van der Waals surface area contributed by atoms with Crippen LogP contribution >= 0.6 is 22.9 Å². The van der Waals surface area contributed by atoms with E-state index in [2.05, 4.69) is 4.99 Å². The normalized spacial score (nSPS) is 16.0. The number of aromatic nitrogens is 1. The molecule has 0 spiro atoms. The van der Waals surface area contributed by atoms with Crippen molar-refractivity contribution in [3.05, 3.63) is 95.6 Å². The van der Waals surface area contributed by atoms with Gasteiger partial charge in [-0.2, -0.15) is 0 Å². The van der Waals surface area contributed by atoms with Crippen LogP contribution in [0.2, 0.25) is 5.02 Å². The number of fused-ring (bicyclic) bond motifs is 1. The largest absolute Gasteiger partial charge is 0.497 e. The second-order valence-corrected chi connectivity index (χ2v) is 8.35. The maximum atomic E-state index is 13.4. The third kappa shape index (κ3) is 3.94. The van der Waals surface area contributed by atoms with Crippen molar-refractivity contribution in [1.82, 2.24) is 4.57 Å². The van der Waals surface area contributed by atoms with Crippen LogP contribution in [0.4, 0.5) is 0 Å². The van der Waals surface area contributed by atoms with Gasteiger partial charge in [-0.25, -0.2) is 9.79 Å². The molecule has 0 N–H and O–H groups in total. The molecule has 0 fully saturated rings. The Kier molecular flexibility index (Phi) is 5.80. The Morgan fingerprint density at radius 2 is 1.94 bits per heavy atom. The molecule has 0 aliphatic carbocycles. The highest BCUT2D eigenvalue weighted by atomic mass is 35.5. The van der Waals surface area contributed by atoms with Crippen molar-refractivity contribution in [2.75, 3.05) is 14.2 Å². The monoisotopic (exact) mass is 454 g/mol. The highest BCUT2D eigenvalue weighted by Crippen LogP contribution is 2.32. The third-order valence-corrected chi connectivity index (χ3v) is 6.24. The fourth-order valence-corrected chi connectivity index (χ4v) is 4.70. The number of ether oxygens (including phenoxy) is 2. The van der Waals surface area contributed by atoms with E-state index in [1.165, 1.54) is 18.4 Å². The number of benzene rings is 2. The Labute approximate surface area is 187 Å². The second-order valence-electron chi connectivity index (χ2n) is 6.90. The van der Waals surface area contributed by atoms with Gasteiger partial charge in [-0.05, 0) is 48.4 Å². The standard InChI is InChI=1S/C23H19ClN2O4S/c1-13-19(22(28)30-3)20(15-5-4-6-17(12-15)29-2)26-21(27)18(31-23(26)25-13)11-14-7-9-16(24)10-8-14/h4-12,20H,1-3H3/b18-11-. The van der Waals surface area contributed by atoms with Crippen LogP contribution in [-0.4, -0.2) is 24.8 Å². The molecule has 0 radical (unpaired) electrons. The molecule has 0 bridgehead atoms. The lowest BCUT2D eigenvalue weighted by Gasteiger charge is -2.24. The molecule has 1 unspecified atom stereocenters. The van der Waals surface area contributed by atoms with Gasteiger partial charge in [0.2, 0.25) is 0 Å². The van der Waals surface area contributed by atoms with E-state index < -0.39 is 12.0 Å². The van der Waals surface area contributed by atoms with E-state index in [9.17, 15) is 9.59 Å². The van der Waals surface area contributed by atoms with Gasteiger partial charge >= 0.3 is 5.97 Å². The third-order valence-electron chi connectivity index (χ3n) is 5.00. The van der Waals surface area contributed by atoms with Crippen LogP contribution < -0.4 is 19.6 Å². The van der Waals surface area contributed by atoms with Crippen LogP contribution in [0.15, 0.2) is 69.6 Å². The van der Waals surface area contributed by atoms with E-state index in [1.54, 1.807) is 36.8 Å². The minimum Gasteiger partial charge on any atom is -0.497 e. The molecule has 0 saturated heterocycles. The Morgan fingerprint density at radius 1 is 1.19 bits per heavy atom. The van der Waals surface area contributed by atoms with Crippen molar-refractivity contribution in [2.45, 2.75) is 13.0 Å². The van der Waals surface area contributed by atoms with Crippen molar-refractivity contribution in [2.24, 2.45) is 4.99 Å². The van der Waals surface area contributed by atoms with Crippen LogP contribution in [-0.2, 0) is 9.53 Å². The number of hydrogen-bond donors (Lipinski definition) is 0. The zero-order chi connectivity index (χ0) is 22.1. The first kappa shape index (κ1) is 21.1. The molecule has 158 valence electrons. The summed E-state index contributed by atoms with van der Waals surface area (Å²) in [7, 11) is 2.88. The Bertz CT molecular complexity index is 1370. The van der Waals surface area contributed by atoms with E-state index in [0.29, 0.717) is 31.4 Å². The van der Waals surface area contributed by atoms with Crippen LogP contribution in [0.1, 0.15) is 24.1 Å². The number of carbonyl (C=O) groups excluding carboxylic acids is 1. The average Bonchev–Trinajstić information content (AvgIpc) is 3.08. The predicted molar refractivity (Wildman–Crippen MR) is 120 cm³/mol. The van der Waals surface area contributed by atoms with Crippen LogP contribution in [0.3, 0.4) is 0 Å². The van der Waals surface area contributed by atoms with E-state index in [0.717, 1.165) is 11.1 Å². The van der Waals surface area contributed by atoms with Crippen molar-refractivity contribution in [3.63, 3.8) is 0 Å². The molecule has 2 heterocycles. The quantitative estimate of drug-likeness (QED) is 0.568. The first-order valence-corrected chi connectivity index (χ1v) is 10.6. The molecule has 1 aliphatic rings. The molecule has 6 nitrogen and oxygen atoms in total. The summed E-state index contributed by atoms with van der Waals surface area (Å²) < 4.78 is 12.4. The number of hydrogen-bond acceptors (Lipinski definition) is 6. The van der Waals surface area contributed by atoms with Gasteiger partial charge in [-0.1, -0.05) is 47.2 Å². The van der Waals surface area contributed by atoms with Gasteiger partial charge in [0.15, 0.2) is 4.80 Å². The molecule has 31 heavy (non-hydrogen) atoms. The lowest BCUT2D eigenvalue weighted by atomic mass is 9.96. The molecule has 1 aliphatic heterocycles. The van der Waals surface area contributed by atoms with Gasteiger partial charge in [-0.3, -0.25) is 9.36 Å². The lowest BCUT2D eigenvalue weighted by molar-refractivity contribution is -0.136. The maximum Gasteiger partial charge on any atom is 0.338 e. The van der Waals surface area contributed by atoms with Crippen molar-refractivity contribution in [1.29, 1.82) is 0 Å². The van der Waals surface area contributed by atoms with Gasteiger partial charge in [-0.15, -0.1) is 0 Å². The van der Waals surface area contributed by atoms with E-state index >= 15 is 0 Å². The molecule has 2 aromatic carbocycles. The van der Waals surface area contributed by atoms with Crippen molar-refractivity contribution >= 4 is 35.0 Å². The minimum absolute atomic E-state index is 0.236. The van der Waals surface area contributed by atoms with Crippen molar-refractivity contribution in [3.8, 4) is 5.75 Å². The molecule has 8 heteroatoms. The highest BCUT2D eigenvalue weighted by molar-refractivity contribution is 7.07. The van der Waals surface area contributed by atoms with E-state index in [-0.39, 0.29) is 5.56 Å². The van der Waals surface area contributed by atoms with Crippen molar-refractivity contribution < 1.29 is 14.3 Å². The highest BCUT2D eigenvalue weighted by Gasteiger charge is 2.33. The Balaban J connectivity index is 1.97. The number of rotatable bonds is 4. The molecule has 1 atom stereocenters. The summed E-state index contributed by atoms with van der Waals surface area (Å²) in [6.07, 6.45) is 1.79. The van der Waals surface area contributed by atoms with Crippen LogP contribution in [0.25, 0.3) is 6.08 Å². The van der Waals surface area contributed by atoms with Gasteiger partial charge in [0.1, 0.15) is 5.75 Å². The molecular weight excluding hydrogens is 436 g/mol. The molecule has 4 rings (SSSR count). The summed E-state index contributed by atoms with van der Waals surface area (Å²) >= 11 is 7.24. The van der Waals surface area contributed by atoms with Crippen LogP contribution in [0.5, 0.6) is 5.75 Å². The number of carbonyl (C=O) groups is 1. The molecule has 3 aromatic rings. The fourth-order valence-electron chi connectivity index (χ4n) is 3.53. The predicted octanol–water partition coefficient (Wildman–Crippen LogP) is 3.07. The van der Waals surface area contributed by atoms with Gasteiger partial charge in [0, 0.05) is 5.02 Å². The summed E-state index contributed by atoms with van der Waals surface area (Å²) in [6, 6.07) is 13.8. The maximum absolute atomic E-state index is 13.4. The van der Waals surface area contributed by atoms with Gasteiger partial charge in [0.25, 0.3) is 5.56 Å². The Morgan fingerprint density at radius 3 is 2.61 bits per heavy atom. The minimum atomic E-state index is -0.675. The fraction of sp³-hybridized carbons (Fsp3) is 0.174. The zero-order valence-electron chi connectivity index (χ0n) is 17.1. The van der Waals surface area contributed by atoms with E-state index in [1.807, 2.05) is 36.4 Å². The number of thiazole rings is 1. The number of nitrogens with zero attached hydrogens (tertiary/aromatic N) is 2. The number of allylic oxidation sites excluding steroid dienone is 1. The summed E-state index contributed by atoms with van der Waals surface area (Å²) in [5.41, 5.74) is 2.17. The summed E-state index contributed by atoms with van der Waals surface area (Å²) in [5, 5.41) is 0.620.